The third kappa shape index (κ3) is 5.86. The van der Waals surface area contributed by atoms with Crippen LogP contribution in [0.2, 0.25) is 0 Å². The number of imidazole rings is 1. The predicted molar refractivity (Wildman–Crippen MR) is 154 cm³/mol. The monoisotopic (exact) mass is 577 g/mol. The van der Waals surface area contributed by atoms with Gasteiger partial charge in [0.05, 0.1) is 23.1 Å². The van der Waals surface area contributed by atoms with E-state index in [9.17, 15) is 22.8 Å². The van der Waals surface area contributed by atoms with Crippen LogP contribution in [-0.4, -0.2) is 56.0 Å². The molecule has 0 atom stereocenters. The van der Waals surface area contributed by atoms with Gasteiger partial charge in [-0.2, -0.15) is 13.2 Å². The minimum absolute atomic E-state index is 0.00784. The molecule has 2 aromatic carbocycles. The van der Waals surface area contributed by atoms with Crippen molar-refractivity contribution in [2.24, 2.45) is 5.92 Å². The van der Waals surface area contributed by atoms with Crippen molar-refractivity contribution in [2.75, 3.05) is 26.2 Å². The van der Waals surface area contributed by atoms with Crippen LogP contribution in [0.5, 0.6) is 0 Å². The number of alkyl halides is 3. The number of carbonyl (C=O) groups excluding carboxylic acids is 1. The fourth-order valence-corrected chi connectivity index (χ4v) is 6.41. The lowest BCUT2D eigenvalue weighted by atomic mass is 9.93. The fraction of sp³-hybridized carbons (Fsp3) is 0.406. The molecule has 0 radical (unpaired) electrons. The van der Waals surface area contributed by atoms with Crippen LogP contribution in [-0.2, 0) is 24.1 Å². The Balaban J connectivity index is 1.15. The number of aromatic nitrogens is 3. The number of halogens is 3. The van der Waals surface area contributed by atoms with Crippen molar-refractivity contribution in [2.45, 2.75) is 51.0 Å². The van der Waals surface area contributed by atoms with Gasteiger partial charge in [-0.15, -0.1) is 0 Å². The molecule has 2 aliphatic heterocycles. The summed E-state index contributed by atoms with van der Waals surface area (Å²) in [5.41, 5.74) is 1.72. The Kier molecular flexibility index (Phi) is 7.90. The van der Waals surface area contributed by atoms with Gasteiger partial charge in [-0.05, 0) is 80.2 Å². The summed E-state index contributed by atoms with van der Waals surface area (Å²) < 4.78 is 43.9. The SMILES string of the molecule is O=C(C1CCN(Cc2ccncc2)CC1)N1CCC(n2c(=O)n(Cc3ccccc3)c3cc(C(F)(F)F)ccc32)CC1. The van der Waals surface area contributed by atoms with E-state index in [1.165, 1.54) is 16.2 Å². The molecule has 0 aliphatic carbocycles. The second-order valence-corrected chi connectivity index (χ2v) is 11.4. The van der Waals surface area contributed by atoms with Gasteiger partial charge >= 0.3 is 11.9 Å². The summed E-state index contributed by atoms with van der Waals surface area (Å²) >= 11 is 0. The van der Waals surface area contributed by atoms with Gasteiger partial charge in [0, 0.05) is 44.0 Å². The van der Waals surface area contributed by atoms with Gasteiger partial charge in [-0.3, -0.25) is 23.8 Å². The normalized spacial score (nSPS) is 17.6. The second kappa shape index (κ2) is 11.8. The fourth-order valence-electron chi connectivity index (χ4n) is 6.41. The number of carbonyl (C=O) groups is 1. The summed E-state index contributed by atoms with van der Waals surface area (Å²) in [6.07, 6.45) is 1.88. The van der Waals surface area contributed by atoms with Crippen LogP contribution in [0.25, 0.3) is 11.0 Å². The maximum absolute atomic E-state index is 13.7. The van der Waals surface area contributed by atoms with Crippen molar-refractivity contribution in [3.8, 4) is 0 Å². The van der Waals surface area contributed by atoms with Crippen LogP contribution in [0, 0.1) is 5.92 Å². The molecule has 0 unspecified atom stereocenters. The first-order chi connectivity index (χ1) is 20.3. The Morgan fingerprint density at radius 3 is 2.14 bits per heavy atom. The van der Waals surface area contributed by atoms with Crippen molar-refractivity contribution in [1.29, 1.82) is 0 Å². The van der Waals surface area contributed by atoms with E-state index in [-0.39, 0.29) is 35.6 Å². The Bertz CT molecular complexity index is 1580. The summed E-state index contributed by atoms with van der Waals surface area (Å²) in [5, 5.41) is 0. The number of likely N-dealkylation sites (tertiary alicyclic amines) is 2. The lowest BCUT2D eigenvalue weighted by molar-refractivity contribution is -0.138. The standard InChI is InChI=1S/C32H34F3N5O2/c33-32(34,35)26-6-7-28-29(20-26)39(22-23-4-2-1-3-5-23)31(42)40(28)27-12-18-38(19-13-27)30(41)25-10-16-37(17-11-25)21-24-8-14-36-15-9-24/h1-9,14-15,20,25,27H,10-13,16-19,21-22H2. The quantitative estimate of drug-likeness (QED) is 0.311. The molecule has 4 heterocycles. The van der Waals surface area contributed by atoms with E-state index in [0.717, 1.165) is 50.2 Å². The van der Waals surface area contributed by atoms with Crippen molar-refractivity contribution < 1.29 is 18.0 Å². The predicted octanol–water partition coefficient (Wildman–Crippen LogP) is 5.34. The van der Waals surface area contributed by atoms with Gasteiger partial charge < -0.3 is 4.90 Å². The summed E-state index contributed by atoms with van der Waals surface area (Å²) in [5.74, 6) is 0.164. The highest BCUT2D eigenvalue weighted by Crippen LogP contribution is 2.33. The number of benzene rings is 2. The minimum Gasteiger partial charge on any atom is -0.342 e. The molecule has 0 saturated carbocycles. The van der Waals surface area contributed by atoms with Crippen LogP contribution in [0.4, 0.5) is 13.2 Å². The molecule has 1 amide bonds. The van der Waals surface area contributed by atoms with Crippen LogP contribution in [0.3, 0.4) is 0 Å². The maximum Gasteiger partial charge on any atom is 0.416 e. The number of hydrogen-bond donors (Lipinski definition) is 0. The van der Waals surface area contributed by atoms with Gasteiger partial charge in [-0.25, -0.2) is 4.79 Å². The third-order valence-corrected chi connectivity index (χ3v) is 8.71. The van der Waals surface area contributed by atoms with Crippen molar-refractivity contribution in [3.63, 3.8) is 0 Å². The maximum atomic E-state index is 13.7. The van der Waals surface area contributed by atoms with Crippen molar-refractivity contribution >= 4 is 16.9 Å². The molecule has 2 fully saturated rings. The van der Waals surface area contributed by atoms with E-state index in [4.69, 9.17) is 0 Å². The first-order valence-electron chi connectivity index (χ1n) is 14.5. The number of rotatable bonds is 6. The van der Waals surface area contributed by atoms with E-state index < -0.39 is 11.7 Å². The van der Waals surface area contributed by atoms with E-state index in [0.29, 0.717) is 31.4 Å². The zero-order valence-corrected chi connectivity index (χ0v) is 23.3. The van der Waals surface area contributed by atoms with Crippen molar-refractivity contribution in [1.82, 2.24) is 23.9 Å². The molecule has 4 aromatic rings. The highest BCUT2D eigenvalue weighted by Gasteiger charge is 2.34. The molecular formula is C32H34F3N5O2. The summed E-state index contributed by atoms with van der Waals surface area (Å²) in [6, 6.07) is 16.6. The average Bonchev–Trinajstić information content (AvgIpc) is 3.28. The van der Waals surface area contributed by atoms with Crippen molar-refractivity contribution in [3.05, 3.63) is 100 Å². The van der Waals surface area contributed by atoms with Gasteiger partial charge in [0.1, 0.15) is 0 Å². The zero-order valence-electron chi connectivity index (χ0n) is 23.3. The average molecular weight is 578 g/mol. The Labute approximate surface area is 242 Å². The van der Waals surface area contributed by atoms with Gasteiger partial charge in [-0.1, -0.05) is 30.3 Å². The molecule has 2 aliphatic rings. The van der Waals surface area contributed by atoms with Crippen LogP contribution < -0.4 is 5.69 Å². The summed E-state index contributed by atoms with van der Waals surface area (Å²) in [4.78, 5) is 35.5. The number of fused-ring (bicyclic) bond motifs is 1. The first kappa shape index (κ1) is 28.2. The van der Waals surface area contributed by atoms with Gasteiger partial charge in [0.2, 0.25) is 5.91 Å². The van der Waals surface area contributed by atoms with Crippen LogP contribution in [0.1, 0.15) is 48.4 Å². The summed E-state index contributed by atoms with van der Waals surface area (Å²) in [7, 11) is 0. The molecule has 7 nitrogen and oxygen atoms in total. The molecule has 2 aromatic heterocycles. The molecular weight excluding hydrogens is 543 g/mol. The van der Waals surface area contributed by atoms with Crippen LogP contribution in [0.15, 0.2) is 77.9 Å². The molecule has 0 spiro atoms. The topological polar surface area (TPSA) is 63.4 Å². The highest BCUT2D eigenvalue weighted by molar-refractivity contribution is 5.79. The largest absolute Gasteiger partial charge is 0.416 e. The Morgan fingerprint density at radius 1 is 0.810 bits per heavy atom. The van der Waals surface area contributed by atoms with E-state index >= 15 is 0 Å². The lowest BCUT2D eigenvalue weighted by Gasteiger charge is -2.37. The van der Waals surface area contributed by atoms with E-state index in [1.807, 2.05) is 47.4 Å². The van der Waals surface area contributed by atoms with Gasteiger partial charge in [0.15, 0.2) is 0 Å². The lowest BCUT2D eigenvalue weighted by Crippen LogP contribution is -2.46. The number of pyridine rings is 1. The molecule has 42 heavy (non-hydrogen) atoms. The molecule has 2 saturated heterocycles. The number of nitrogens with zero attached hydrogens (tertiary/aromatic N) is 5. The summed E-state index contributed by atoms with van der Waals surface area (Å²) in [6.45, 7) is 3.82. The molecule has 0 bridgehead atoms. The van der Waals surface area contributed by atoms with Gasteiger partial charge in [0.25, 0.3) is 0 Å². The molecule has 0 N–H and O–H groups in total. The molecule has 6 rings (SSSR count). The van der Waals surface area contributed by atoms with Crippen LogP contribution >= 0.6 is 0 Å². The number of amides is 1. The zero-order chi connectivity index (χ0) is 29.3. The highest BCUT2D eigenvalue weighted by atomic mass is 19.4. The third-order valence-electron chi connectivity index (χ3n) is 8.71. The van der Waals surface area contributed by atoms with E-state index in [1.54, 1.807) is 17.0 Å². The first-order valence-corrected chi connectivity index (χ1v) is 14.5. The minimum atomic E-state index is -4.51. The smallest absolute Gasteiger partial charge is 0.342 e. The van der Waals surface area contributed by atoms with E-state index in [2.05, 4.69) is 9.88 Å². The Hall–Kier alpha value is -3.92. The number of piperidine rings is 2. The molecule has 220 valence electrons. The Morgan fingerprint density at radius 2 is 1.48 bits per heavy atom. The number of hydrogen-bond acceptors (Lipinski definition) is 4. The molecule has 10 heteroatoms. The second-order valence-electron chi connectivity index (χ2n) is 11.4.